The smallest absolute Gasteiger partial charge is 0.191 e. The van der Waals surface area contributed by atoms with E-state index in [0.29, 0.717) is 25.7 Å². The minimum atomic E-state index is -0.555. The van der Waals surface area contributed by atoms with Crippen LogP contribution in [0.15, 0.2) is 35.3 Å². The molecule has 1 heterocycles. The zero-order chi connectivity index (χ0) is 18.6. The van der Waals surface area contributed by atoms with Gasteiger partial charge in [-0.15, -0.1) is 11.3 Å². The van der Waals surface area contributed by atoms with E-state index in [1.165, 1.54) is 10.1 Å². The molecule has 0 aliphatic carbocycles. The SMILES string of the molecule is CN=C(NCCCCOCCOC)NCC(O)c1cc2ccccc2s1. The van der Waals surface area contributed by atoms with E-state index in [2.05, 4.69) is 27.8 Å². The number of fused-ring (bicyclic) bond motifs is 1. The fourth-order valence-electron chi connectivity index (χ4n) is 2.46. The summed E-state index contributed by atoms with van der Waals surface area (Å²) in [6.07, 6.45) is 1.42. The number of thiophene rings is 1. The highest BCUT2D eigenvalue weighted by atomic mass is 32.1. The summed E-state index contributed by atoms with van der Waals surface area (Å²) in [5, 5.41) is 18.0. The molecule has 1 atom stereocenters. The second-order valence-corrected chi connectivity index (χ2v) is 7.01. The lowest BCUT2D eigenvalue weighted by Crippen LogP contribution is -2.39. The number of unbranched alkanes of at least 4 members (excludes halogenated alkanes) is 1. The van der Waals surface area contributed by atoms with E-state index in [1.54, 1.807) is 25.5 Å². The van der Waals surface area contributed by atoms with Crippen LogP contribution in [0.4, 0.5) is 0 Å². The van der Waals surface area contributed by atoms with Gasteiger partial charge >= 0.3 is 0 Å². The molecule has 0 fully saturated rings. The first-order chi connectivity index (χ1) is 12.7. The van der Waals surface area contributed by atoms with E-state index in [9.17, 15) is 5.11 Å². The fourth-order valence-corrected chi connectivity index (χ4v) is 3.51. The number of guanidine groups is 1. The molecule has 144 valence electrons. The largest absolute Gasteiger partial charge is 0.386 e. The summed E-state index contributed by atoms with van der Waals surface area (Å²) in [6.45, 7) is 3.25. The second-order valence-electron chi connectivity index (χ2n) is 5.89. The second kappa shape index (κ2) is 11.9. The van der Waals surface area contributed by atoms with E-state index in [4.69, 9.17) is 9.47 Å². The summed E-state index contributed by atoms with van der Waals surface area (Å²) in [5.74, 6) is 0.700. The molecule has 0 saturated heterocycles. The Balaban J connectivity index is 1.65. The number of methoxy groups -OCH3 is 1. The van der Waals surface area contributed by atoms with Crippen LogP contribution in [0.2, 0.25) is 0 Å². The van der Waals surface area contributed by atoms with Crippen molar-refractivity contribution in [2.45, 2.75) is 18.9 Å². The number of hydrogen-bond acceptors (Lipinski definition) is 5. The first-order valence-electron chi connectivity index (χ1n) is 8.92. The molecule has 2 aromatic rings. The molecule has 26 heavy (non-hydrogen) atoms. The maximum Gasteiger partial charge on any atom is 0.191 e. The van der Waals surface area contributed by atoms with E-state index in [-0.39, 0.29) is 0 Å². The average Bonchev–Trinajstić information content (AvgIpc) is 3.10. The molecular formula is C19H29N3O3S. The Morgan fingerprint density at radius 1 is 1.19 bits per heavy atom. The van der Waals surface area contributed by atoms with Gasteiger partial charge in [-0.05, 0) is 30.4 Å². The molecule has 3 N–H and O–H groups in total. The molecule has 6 nitrogen and oxygen atoms in total. The van der Waals surface area contributed by atoms with Gasteiger partial charge in [0.2, 0.25) is 0 Å². The number of nitrogens with zero attached hydrogens (tertiary/aromatic N) is 1. The zero-order valence-corrected chi connectivity index (χ0v) is 16.3. The maximum absolute atomic E-state index is 10.4. The van der Waals surface area contributed by atoms with Crippen LogP contribution in [-0.4, -0.2) is 58.1 Å². The fraction of sp³-hybridized carbons (Fsp3) is 0.526. The van der Waals surface area contributed by atoms with Crippen LogP contribution in [0.5, 0.6) is 0 Å². The molecule has 0 aliphatic rings. The van der Waals surface area contributed by atoms with Gasteiger partial charge in [0.1, 0.15) is 6.10 Å². The topological polar surface area (TPSA) is 75.1 Å². The predicted octanol–water partition coefficient (Wildman–Crippen LogP) is 2.54. The Labute approximate surface area is 159 Å². The van der Waals surface area contributed by atoms with Gasteiger partial charge in [0.05, 0.1) is 13.2 Å². The summed E-state index contributed by atoms with van der Waals surface area (Å²) >= 11 is 1.62. The highest BCUT2D eigenvalue weighted by Crippen LogP contribution is 2.29. The molecule has 1 aromatic carbocycles. The van der Waals surface area contributed by atoms with Gasteiger partial charge in [-0.25, -0.2) is 0 Å². The van der Waals surface area contributed by atoms with Gasteiger partial charge in [0, 0.05) is 43.4 Å². The number of rotatable bonds is 11. The summed E-state index contributed by atoms with van der Waals surface area (Å²) in [7, 11) is 3.40. The third-order valence-electron chi connectivity index (χ3n) is 3.90. The third-order valence-corrected chi connectivity index (χ3v) is 5.12. The quantitative estimate of drug-likeness (QED) is 0.318. The minimum Gasteiger partial charge on any atom is -0.386 e. The van der Waals surface area contributed by atoms with Gasteiger partial charge < -0.3 is 25.2 Å². The van der Waals surface area contributed by atoms with Crippen LogP contribution in [0.1, 0.15) is 23.8 Å². The highest BCUT2D eigenvalue weighted by Gasteiger charge is 2.12. The lowest BCUT2D eigenvalue weighted by molar-refractivity contribution is 0.0689. The number of nitrogens with one attached hydrogen (secondary N) is 2. The normalized spacial score (nSPS) is 13.1. The summed E-state index contributed by atoms with van der Waals surface area (Å²) in [6, 6.07) is 10.2. The number of ether oxygens (including phenoxy) is 2. The van der Waals surface area contributed by atoms with E-state index >= 15 is 0 Å². The van der Waals surface area contributed by atoms with Crippen LogP contribution in [0.3, 0.4) is 0 Å². The molecule has 1 unspecified atom stereocenters. The zero-order valence-electron chi connectivity index (χ0n) is 15.5. The first kappa shape index (κ1) is 20.6. The number of hydrogen-bond donors (Lipinski definition) is 3. The van der Waals surface area contributed by atoms with Gasteiger partial charge in [-0.3, -0.25) is 4.99 Å². The van der Waals surface area contributed by atoms with E-state index in [1.807, 2.05) is 18.2 Å². The molecule has 7 heteroatoms. The lowest BCUT2D eigenvalue weighted by atomic mass is 10.2. The Hall–Kier alpha value is -1.67. The van der Waals surface area contributed by atoms with Crippen LogP contribution in [0, 0.1) is 0 Å². The number of benzene rings is 1. The van der Waals surface area contributed by atoms with Crippen molar-refractivity contribution < 1.29 is 14.6 Å². The molecule has 0 saturated carbocycles. The third kappa shape index (κ3) is 6.92. The molecular weight excluding hydrogens is 350 g/mol. The maximum atomic E-state index is 10.4. The number of aliphatic hydroxyl groups is 1. The van der Waals surface area contributed by atoms with Crippen LogP contribution in [-0.2, 0) is 9.47 Å². The molecule has 0 bridgehead atoms. The van der Waals surface area contributed by atoms with Crippen LogP contribution in [0.25, 0.3) is 10.1 Å². The van der Waals surface area contributed by atoms with Gasteiger partial charge in [-0.1, -0.05) is 18.2 Å². The standard InChI is InChI=1S/C19H29N3O3S/c1-20-19(21-9-5-6-10-25-12-11-24-2)22-14-16(23)18-13-15-7-3-4-8-17(15)26-18/h3-4,7-8,13,16,23H,5-6,9-12,14H2,1-2H3,(H2,20,21,22). The van der Waals surface area contributed by atoms with Crippen LogP contribution < -0.4 is 10.6 Å². The lowest BCUT2D eigenvalue weighted by Gasteiger charge is -2.14. The Kier molecular flexibility index (Phi) is 9.41. The van der Waals surface area contributed by atoms with Crippen molar-refractivity contribution in [3.63, 3.8) is 0 Å². The van der Waals surface area contributed by atoms with Crippen molar-refractivity contribution in [2.24, 2.45) is 4.99 Å². The molecule has 0 spiro atoms. The number of aliphatic imine (C=N–C) groups is 1. The minimum absolute atomic E-state index is 0.423. The predicted molar refractivity (Wildman–Crippen MR) is 108 cm³/mol. The van der Waals surface area contributed by atoms with E-state index in [0.717, 1.165) is 30.9 Å². The number of aliphatic hydroxyl groups excluding tert-OH is 1. The average molecular weight is 380 g/mol. The van der Waals surface area contributed by atoms with Gasteiger partial charge in [-0.2, -0.15) is 0 Å². The monoisotopic (exact) mass is 379 g/mol. The summed E-state index contributed by atoms with van der Waals surface area (Å²) < 4.78 is 11.6. The summed E-state index contributed by atoms with van der Waals surface area (Å²) in [4.78, 5) is 5.15. The highest BCUT2D eigenvalue weighted by molar-refractivity contribution is 7.19. The molecule has 1 aromatic heterocycles. The molecule has 0 amide bonds. The van der Waals surface area contributed by atoms with Crippen molar-refractivity contribution in [3.05, 3.63) is 35.2 Å². The van der Waals surface area contributed by atoms with Crippen molar-refractivity contribution in [2.75, 3.05) is 47.1 Å². The Morgan fingerprint density at radius 2 is 2.04 bits per heavy atom. The Bertz CT molecular complexity index is 642. The van der Waals surface area contributed by atoms with Gasteiger partial charge in [0.25, 0.3) is 0 Å². The molecule has 0 radical (unpaired) electrons. The van der Waals surface area contributed by atoms with Crippen molar-refractivity contribution >= 4 is 27.4 Å². The van der Waals surface area contributed by atoms with Crippen LogP contribution >= 0.6 is 11.3 Å². The van der Waals surface area contributed by atoms with Crippen molar-refractivity contribution in [1.29, 1.82) is 0 Å². The van der Waals surface area contributed by atoms with Gasteiger partial charge in [0.15, 0.2) is 5.96 Å². The Morgan fingerprint density at radius 3 is 2.81 bits per heavy atom. The van der Waals surface area contributed by atoms with E-state index < -0.39 is 6.10 Å². The van der Waals surface area contributed by atoms with Crippen molar-refractivity contribution in [1.82, 2.24) is 10.6 Å². The molecule has 2 rings (SSSR count). The molecule has 0 aliphatic heterocycles. The first-order valence-corrected chi connectivity index (χ1v) is 9.74. The summed E-state index contributed by atoms with van der Waals surface area (Å²) in [5.41, 5.74) is 0. The van der Waals surface area contributed by atoms with Crippen molar-refractivity contribution in [3.8, 4) is 0 Å².